The fourth-order valence-electron chi connectivity index (χ4n) is 2.02. The zero-order valence-corrected chi connectivity index (χ0v) is 13.3. The molecule has 116 valence electrons. The van der Waals surface area contributed by atoms with E-state index in [4.69, 9.17) is 28.3 Å². The van der Waals surface area contributed by atoms with Crippen LogP contribution in [0.1, 0.15) is 0 Å². The molecule has 2 aromatic rings. The zero-order chi connectivity index (χ0) is 15.9. The maximum absolute atomic E-state index is 12.2. The van der Waals surface area contributed by atoms with E-state index >= 15 is 0 Å². The Morgan fingerprint density at radius 1 is 1.09 bits per heavy atom. The minimum Gasteiger partial charge on any atom is -0.395 e. The van der Waals surface area contributed by atoms with Crippen molar-refractivity contribution in [3.8, 4) is 0 Å². The molecule has 0 radical (unpaired) electrons. The SMILES string of the molecule is O=C(CN(CCO)c1ccccc1)Nc1cccc(Cl)c1Cl. The highest BCUT2D eigenvalue weighted by atomic mass is 35.5. The van der Waals surface area contributed by atoms with Gasteiger partial charge < -0.3 is 15.3 Å². The number of hydrogen-bond acceptors (Lipinski definition) is 3. The Hall–Kier alpha value is -1.75. The summed E-state index contributed by atoms with van der Waals surface area (Å²) in [5.74, 6) is -0.235. The predicted molar refractivity (Wildman–Crippen MR) is 90.8 cm³/mol. The molecule has 4 nitrogen and oxygen atoms in total. The van der Waals surface area contributed by atoms with Crippen LogP contribution in [0.3, 0.4) is 0 Å². The van der Waals surface area contributed by atoms with Crippen LogP contribution in [0.25, 0.3) is 0 Å². The number of nitrogens with one attached hydrogen (secondary N) is 1. The summed E-state index contributed by atoms with van der Waals surface area (Å²) in [5.41, 5.74) is 1.33. The van der Waals surface area contributed by atoms with Crippen LogP contribution in [0.5, 0.6) is 0 Å². The number of amides is 1. The van der Waals surface area contributed by atoms with Gasteiger partial charge in [0.1, 0.15) is 0 Å². The number of benzene rings is 2. The van der Waals surface area contributed by atoms with Gasteiger partial charge in [-0.25, -0.2) is 0 Å². The number of anilines is 2. The quantitative estimate of drug-likeness (QED) is 0.848. The van der Waals surface area contributed by atoms with Gasteiger partial charge in [-0.15, -0.1) is 0 Å². The van der Waals surface area contributed by atoms with E-state index in [0.717, 1.165) is 5.69 Å². The molecule has 0 bridgehead atoms. The Bertz CT molecular complexity index is 635. The van der Waals surface area contributed by atoms with E-state index < -0.39 is 0 Å². The highest BCUT2D eigenvalue weighted by Crippen LogP contribution is 2.29. The van der Waals surface area contributed by atoms with E-state index in [1.807, 2.05) is 30.3 Å². The Morgan fingerprint density at radius 3 is 2.50 bits per heavy atom. The highest BCUT2D eigenvalue weighted by molar-refractivity contribution is 6.44. The normalized spacial score (nSPS) is 10.3. The maximum Gasteiger partial charge on any atom is 0.243 e. The van der Waals surface area contributed by atoms with E-state index in [9.17, 15) is 4.79 Å². The molecule has 0 aliphatic carbocycles. The highest BCUT2D eigenvalue weighted by Gasteiger charge is 2.13. The van der Waals surface area contributed by atoms with Gasteiger partial charge in [0.05, 0.1) is 28.9 Å². The second kappa shape index (κ2) is 8.03. The van der Waals surface area contributed by atoms with Gasteiger partial charge >= 0.3 is 0 Å². The largest absolute Gasteiger partial charge is 0.395 e. The number of halogens is 2. The van der Waals surface area contributed by atoms with E-state index in [2.05, 4.69) is 5.32 Å². The third kappa shape index (κ3) is 4.37. The molecule has 0 spiro atoms. The first-order chi connectivity index (χ1) is 10.6. The van der Waals surface area contributed by atoms with Crippen LogP contribution in [0.4, 0.5) is 11.4 Å². The lowest BCUT2D eigenvalue weighted by atomic mass is 10.2. The van der Waals surface area contributed by atoms with Crippen molar-refractivity contribution in [1.82, 2.24) is 0 Å². The zero-order valence-electron chi connectivity index (χ0n) is 11.8. The second-order valence-corrected chi connectivity index (χ2v) is 5.42. The number of carbonyl (C=O) groups is 1. The molecule has 0 aromatic heterocycles. The second-order valence-electron chi connectivity index (χ2n) is 4.63. The summed E-state index contributed by atoms with van der Waals surface area (Å²) >= 11 is 12.0. The van der Waals surface area contributed by atoms with Gasteiger partial charge in [-0.05, 0) is 24.3 Å². The first-order valence-electron chi connectivity index (χ1n) is 6.76. The van der Waals surface area contributed by atoms with Crippen molar-refractivity contribution in [2.75, 3.05) is 29.9 Å². The number of aliphatic hydroxyl groups is 1. The first-order valence-corrected chi connectivity index (χ1v) is 7.52. The van der Waals surface area contributed by atoms with Gasteiger partial charge in [0.2, 0.25) is 5.91 Å². The lowest BCUT2D eigenvalue weighted by molar-refractivity contribution is -0.115. The number of carbonyl (C=O) groups excluding carboxylic acids is 1. The lowest BCUT2D eigenvalue weighted by Crippen LogP contribution is -2.35. The standard InChI is InChI=1S/C16H16Cl2N2O2/c17-13-7-4-8-14(16(13)18)19-15(22)11-20(9-10-21)12-5-2-1-3-6-12/h1-8,21H,9-11H2,(H,19,22). The van der Waals surface area contributed by atoms with Crippen molar-refractivity contribution in [1.29, 1.82) is 0 Å². The third-order valence-corrected chi connectivity index (χ3v) is 3.87. The summed E-state index contributed by atoms with van der Waals surface area (Å²) in [4.78, 5) is 14.0. The maximum atomic E-state index is 12.2. The number of para-hydroxylation sites is 1. The molecule has 0 atom stereocenters. The minimum atomic E-state index is -0.235. The van der Waals surface area contributed by atoms with Gasteiger partial charge in [0.15, 0.2) is 0 Å². The first kappa shape index (κ1) is 16.6. The average molecular weight is 339 g/mol. The van der Waals surface area contributed by atoms with Crippen molar-refractivity contribution < 1.29 is 9.90 Å². The van der Waals surface area contributed by atoms with Gasteiger partial charge in [-0.1, -0.05) is 47.5 Å². The number of hydrogen-bond donors (Lipinski definition) is 2. The van der Waals surface area contributed by atoms with Gasteiger partial charge in [0, 0.05) is 12.2 Å². The van der Waals surface area contributed by atoms with Crippen LogP contribution in [-0.4, -0.2) is 30.7 Å². The molecule has 22 heavy (non-hydrogen) atoms. The third-order valence-electron chi connectivity index (χ3n) is 3.05. The van der Waals surface area contributed by atoms with E-state index in [1.165, 1.54) is 0 Å². The van der Waals surface area contributed by atoms with Crippen LogP contribution in [-0.2, 0) is 4.79 Å². The van der Waals surface area contributed by atoms with Crippen molar-refractivity contribution >= 4 is 40.5 Å². The Morgan fingerprint density at radius 2 is 1.82 bits per heavy atom. The van der Waals surface area contributed by atoms with Crippen molar-refractivity contribution in [3.05, 3.63) is 58.6 Å². The molecular formula is C16H16Cl2N2O2. The molecule has 0 unspecified atom stereocenters. The molecule has 0 aliphatic heterocycles. The van der Waals surface area contributed by atoms with Crippen LogP contribution in [0.2, 0.25) is 10.0 Å². The van der Waals surface area contributed by atoms with Gasteiger partial charge in [0.25, 0.3) is 0 Å². The van der Waals surface area contributed by atoms with Crippen LogP contribution >= 0.6 is 23.2 Å². The molecule has 0 heterocycles. The summed E-state index contributed by atoms with van der Waals surface area (Å²) in [6, 6.07) is 14.5. The topological polar surface area (TPSA) is 52.6 Å². The number of aliphatic hydroxyl groups excluding tert-OH is 1. The predicted octanol–water partition coefficient (Wildman–Crippen LogP) is 3.43. The van der Waals surface area contributed by atoms with Crippen LogP contribution in [0.15, 0.2) is 48.5 Å². The monoisotopic (exact) mass is 338 g/mol. The van der Waals surface area contributed by atoms with Crippen molar-refractivity contribution in [2.24, 2.45) is 0 Å². The fraction of sp³-hybridized carbons (Fsp3) is 0.188. The molecule has 6 heteroatoms. The van der Waals surface area contributed by atoms with E-state index in [-0.39, 0.29) is 19.1 Å². The number of rotatable bonds is 6. The molecule has 0 fully saturated rings. The Balaban J connectivity index is 2.07. The summed E-state index contributed by atoms with van der Waals surface area (Å²) < 4.78 is 0. The van der Waals surface area contributed by atoms with Gasteiger partial charge in [-0.2, -0.15) is 0 Å². The van der Waals surface area contributed by atoms with Crippen molar-refractivity contribution in [3.63, 3.8) is 0 Å². The molecule has 2 N–H and O–H groups in total. The minimum absolute atomic E-state index is 0.0416. The molecule has 0 aliphatic rings. The molecule has 0 saturated heterocycles. The average Bonchev–Trinajstić information content (AvgIpc) is 2.52. The van der Waals surface area contributed by atoms with Crippen molar-refractivity contribution in [2.45, 2.75) is 0 Å². The summed E-state index contributed by atoms with van der Waals surface area (Å²) in [7, 11) is 0. The number of nitrogens with zero attached hydrogens (tertiary/aromatic N) is 1. The van der Waals surface area contributed by atoms with E-state index in [1.54, 1.807) is 23.1 Å². The van der Waals surface area contributed by atoms with Crippen LogP contribution < -0.4 is 10.2 Å². The molecule has 2 rings (SSSR count). The summed E-state index contributed by atoms with van der Waals surface area (Å²) in [5, 5.41) is 12.6. The molecular weight excluding hydrogens is 323 g/mol. The Labute approximate surface area is 139 Å². The fourth-order valence-corrected chi connectivity index (χ4v) is 2.37. The molecule has 0 saturated carbocycles. The van der Waals surface area contributed by atoms with Crippen LogP contribution in [0, 0.1) is 0 Å². The molecule has 1 amide bonds. The smallest absolute Gasteiger partial charge is 0.243 e. The van der Waals surface area contributed by atoms with E-state index in [0.29, 0.717) is 22.3 Å². The summed E-state index contributed by atoms with van der Waals surface area (Å²) in [6.45, 7) is 0.425. The summed E-state index contributed by atoms with van der Waals surface area (Å²) in [6.07, 6.45) is 0. The Kier molecular flexibility index (Phi) is 6.07. The van der Waals surface area contributed by atoms with Gasteiger partial charge in [-0.3, -0.25) is 4.79 Å². The lowest BCUT2D eigenvalue weighted by Gasteiger charge is -2.23. The molecule has 2 aromatic carbocycles.